The van der Waals surface area contributed by atoms with Gasteiger partial charge in [-0.2, -0.15) is 18.3 Å². The lowest BCUT2D eigenvalue weighted by atomic mass is 9.93. The van der Waals surface area contributed by atoms with Crippen LogP contribution in [-0.2, 0) is 30.6 Å². The van der Waals surface area contributed by atoms with Crippen LogP contribution in [0.2, 0.25) is 5.02 Å². The molecule has 1 aromatic carbocycles. The SMILES string of the molecule is Fc1cc(Cl)ccc1COc1cccc(C2CCN(Cc3nc4cc(-c5n[nH]c(C(F)(F)F)n5)nnc4n3CC3CCO3)CC2)n1. The quantitative estimate of drug-likeness (QED) is 0.203. The molecule has 0 radical (unpaired) electrons. The van der Waals surface area contributed by atoms with Crippen molar-refractivity contribution in [1.82, 2.24) is 44.8 Å². The van der Waals surface area contributed by atoms with Crippen molar-refractivity contribution in [2.45, 2.75) is 57.2 Å². The largest absolute Gasteiger partial charge is 0.473 e. The van der Waals surface area contributed by atoms with E-state index in [-0.39, 0.29) is 30.1 Å². The van der Waals surface area contributed by atoms with Gasteiger partial charge in [0.25, 0.3) is 0 Å². The van der Waals surface area contributed by atoms with Gasteiger partial charge in [-0.15, -0.1) is 10.2 Å². The van der Waals surface area contributed by atoms with E-state index in [0.717, 1.165) is 43.9 Å². The number of halogens is 5. The van der Waals surface area contributed by atoms with Gasteiger partial charge >= 0.3 is 6.18 Å². The van der Waals surface area contributed by atoms with Crippen molar-refractivity contribution >= 4 is 22.8 Å². The number of nitrogens with one attached hydrogen (secondary N) is 1. The molecule has 6 heterocycles. The molecule has 0 spiro atoms. The number of pyridine rings is 1. The van der Waals surface area contributed by atoms with Gasteiger partial charge in [0, 0.05) is 34.9 Å². The summed E-state index contributed by atoms with van der Waals surface area (Å²) in [6.45, 7) is 3.43. The van der Waals surface area contributed by atoms with Crippen molar-refractivity contribution in [3.63, 3.8) is 0 Å². The summed E-state index contributed by atoms with van der Waals surface area (Å²) in [6.07, 6.45) is -1.98. The highest BCUT2D eigenvalue weighted by atomic mass is 35.5. The Hall–Kier alpha value is -4.21. The molecule has 2 aliphatic heterocycles. The molecule has 11 nitrogen and oxygen atoms in total. The van der Waals surface area contributed by atoms with Gasteiger partial charge in [-0.3, -0.25) is 10.00 Å². The lowest BCUT2D eigenvalue weighted by Crippen LogP contribution is -2.35. The normalized spacial score (nSPS) is 17.8. The van der Waals surface area contributed by atoms with Crippen LogP contribution in [0, 0.1) is 5.82 Å². The van der Waals surface area contributed by atoms with Crippen molar-refractivity contribution < 1.29 is 27.0 Å². The molecule has 0 saturated carbocycles. The Bertz CT molecular complexity index is 1850. The van der Waals surface area contributed by atoms with Crippen LogP contribution in [0.3, 0.4) is 0 Å². The number of fused-ring (bicyclic) bond motifs is 1. The van der Waals surface area contributed by atoms with Crippen LogP contribution in [0.15, 0.2) is 42.5 Å². The fraction of sp³-hybridized carbons (Fsp3) is 0.400. The number of piperidine rings is 1. The molecule has 0 aliphatic carbocycles. The molecule has 0 amide bonds. The first-order valence-electron chi connectivity index (χ1n) is 14.8. The van der Waals surface area contributed by atoms with Gasteiger partial charge in [0.1, 0.15) is 29.5 Å². The van der Waals surface area contributed by atoms with Crippen molar-refractivity contribution in [1.29, 1.82) is 0 Å². The number of hydrogen-bond donors (Lipinski definition) is 1. The van der Waals surface area contributed by atoms with Crippen molar-refractivity contribution in [2.75, 3.05) is 19.7 Å². The standard InChI is InChI=1S/C30H28ClF4N9O2/c31-19-5-4-18(21(32)12-19)16-46-26-3-1-2-22(37-26)17-6-9-43(10-7-17)15-25-36-24-13-23(27-38-29(42-40-27)30(33,34)35)39-41-28(24)44(25)14-20-8-11-45-20/h1-5,12-13,17,20H,6-11,14-16H2,(H,38,40,42). The zero-order valence-corrected chi connectivity index (χ0v) is 25.1. The van der Waals surface area contributed by atoms with E-state index in [1.165, 1.54) is 6.07 Å². The van der Waals surface area contributed by atoms with E-state index in [0.29, 0.717) is 47.3 Å². The highest BCUT2D eigenvalue weighted by molar-refractivity contribution is 6.30. The molecule has 2 aliphatic rings. The molecule has 2 fully saturated rings. The summed E-state index contributed by atoms with van der Waals surface area (Å²) in [5.74, 6) is -0.408. The van der Waals surface area contributed by atoms with Crippen LogP contribution in [0.5, 0.6) is 5.88 Å². The molecular formula is C30H28ClF4N9O2. The van der Waals surface area contributed by atoms with E-state index < -0.39 is 17.8 Å². The van der Waals surface area contributed by atoms with Gasteiger partial charge in [-0.05, 0) is 56.6 Å². The van der Waals surface area contributed by atoms with Gasteiger partial charge in [0.15, 0.2) is 5.65 Å². The Morgan fingerprint density at radius 1 is 1.02 bits per heavy atom. The number of H-pyrrole nitrogens is 1. The third-order valence-corrected chi connectivity index (χ3v) is 8.48. The first kappa shape index (κ1) is 30.4. The molecular weight excluding hydrogens is 630 g/mol. The zero-order valence-electron chi connectivity index (χ0n) is 24.3. The Balaban J connectivity index is 1.03. The van der Waals surface area contributed by atoms with E-state index in [9.17, 15) is 17.6 Å². The molecule has 0 bridgehead atoms. The topological polar surface area (TPSA) is 120 Å². The Labute approximate surface area is 264 Å². The molecule has 7 rings (SSSR count). The van der Waals surface area contributed by atoms with E-state index in [2.05, 4.69) is 25.2 Å². The number of hydrogen-bond acceptors (Lipinski definition) is 9. The molecule has 2 saturated heterocycles. The number of imidazole rings is 1. The number of rotatable bonds is 9. The number of likely N-dealkylation sites (tertiary alicyclic amines) is 1. The van der Waals surface area contributed by atoms with Crippen LogP contribution >= 0.6 is 11.6 Å². The van der Waals surface area contributed by atoms with E-state index in [1.807, 2.05) is 21.8 Å². The van der Waals surface area contributed by atoms with Gasteiger partial charge in [-0.25, -0.2) is 19.3 Å². The van der Waals surface area contributed by atoms with Crippen LogP contribution in [0.1, 0.15) is 48.1 Å². The summed E-state index contributed by atoms with van der Waals surface area (Å²) in [5, 5.41) is 14.3. The maximum absolute atomic E-state index is 14.2. The van der Waals surface area contributed by atoms with Crippen LogP contribution in [0.25, 0.3) is 22.7 Å². The number of benzene rings is 1. The minimum atomic E-state index is -4.65. The van der Waals surface area contributed by atoms with Gasteiger partial charge in [0.05, 0.1) is 19.2 Å². The van der Waals surface area contributed by atoms with Crippen LogP contribution in [-0.4, -0.2) is 70.6 Å². The van der Waals surface area contributed by atoms with E-state index in [1.54, 1.807) is 24.3 Å². The number of nitrogens with zero attached hydrogens (tertiary/aromatic N) is 8. The predicted octanol–water partition coefficient (Wildman–Crippen LogP) is 5.57. The summed E-state index contributed by atoms with van der Waals surface area (Å²) in [5.41, 5.74) is 2.43. The maximum Gasteiger partial charge on any atom is 0.451 e. The second-order valence-electron chi connectivity index (χ2n) is 11.3. The van der Waals surface area contributed by atoms with E-state index in [4.69, 9.17) is 31.0 Å². The van der Waals surface area contributed by atoms with Crippen molar-refractivity contribution in [3.8, 4) is 17.4 Å². The summed E-state index contributed by atoms with van der Waals surface area (Å²) in [7, 11) is 0. The molecule has 5 aromatic rings. The smallest absolute Gasteiger partial charge is 0.451 e. The second-order valence-corrected chi connectivity index (χ2v) is 11.8. The fourth-order valence-electron chi connectivity index (χ4n) is 5.64. The lowest BCUT2D eigenvalue weighted by molar-refractivity contribution is -0.144. The zero-order chi connectivity index (χ0) is 31.8. The highest BCUT2D eigenvalue weighted by Gasteiger charge is 2.35. The summed E-state index contributed by atoms with van der Waals surface area (Å²) >= 11 is 5.84. The summed E-state index contributed by atoms with van der Waals surface area (Å²) in [4.78, 5) is 15.4. The Kier molecular flexibility index (Phi) is 8.29. The number of alkyl halides is 3. The summed E-state index contributed by atoms with van der Waals surface area (Å²) in [6, 6.07) is 11.7. The molecule has 240 valence electrons. The fourth-order valence-corrected chi connectivity index (χ4v) is 5.80. The van der Waals surface area contributed by atoms with E-state index >= 15 is 0 Å². The monoisotopic (exact) mass is 657 g/mol. The molecule has 46 heavy (non-hydrogen) atoms. The number of ether oxygens (including phenoxy) is 2. The van der Waals surface area contributed by atoms with Crippen LogP contribution < -0.4 is 4.74 Å². The first-order chi connectivity index (χ1) is 22.2. The number of aromatic nitrogens is 8. The minimum absolute atomic E-state index is 0.0301. The first-order valence-corrected chi connectivity index (χ1v) is 15.2. The van der Waals surface area contributed by atoms with Gasteiger partial charge in [0.2, 0.25) is 17.5 Å². The average molecular weight is 658 g/mol. The third kappa shape index (κ3) is 6.52. The Morgan fingerprint density at radius 2 is 1.85 bits per heavy atom. The predicted molar refractivity (Wildman–Crippen MR) is 157 cm³/mol. The molecule has 16 heteroatoms. The molecule has 1 unspecified atom stereocenters. The highest BCUT2D eigenvalue weighted by Crippen LogP contribution is 2.31. The third-order valence-electron chi connectivity index (χ3n) is 8.24. The minimum Gasteiger partial charge on any atom is -0.473 e. The maximum atomic E-state index is 14.2. The van der Waals surface area contributed by atoms with Gasteiger partial charge < -0.3 is 14.0 Å². The summed E-state index contributed by atoms with van der Waals surface area (Å²) < 4.78 is 66.7. The lowest BCUT2D eigenvalue weighted by Gasteiger charge is -2.32. The number of aromatic amines is 1. The van der Waals surface area contributed by atoms with Crippen molar-refractivity contribution in [2.24, 2.45) is 0 Å². The van der Waals surface area contributed by atoms with Gasteiger partial charge in [-0.1, -0.05) is 23.7 Å². The molecule has 4 aromatic heterocycles. The average Bonchev–Trinajstić information content (AvgIpc) is 3.64. The second kappa shape index (κ2) is 12.5. The Morgan fingerprint density at radius 3 is 2.57 bits per heavy atom. The molecule has 1 N–H and O–H groups in total. The van der Waals surface area contributed by atoms with Crippen LogP contribution in [0.4, 0.5) is 17.6 Å². The van der Waals surface area contributed by atoms with Crippen molar-refractivity contribution in [3.05, 3.63) is 76.2 Å². The molecule has 1 atom stereocenters.